The normalized spacial score (nSPS) is 12.6. The third-order valence-electron chi connectivity index (χ3n) is 3.03. The van der Waals surface area contributed by atoms with Crippen LogP contribution in [-0.2, 0) is 0 Å². The minimum Gasteiger partial charge on any atom is -0.496 e. The van der Waals surface area contributed by atoms with Crippen molar-refractivity contribution in [2.45, 2.75) is 25.7 Å². The van der Waals surface area contributed by atoms with Gasteiger partial charge in [0.05, 0.1) is 21.3 Å². The van der Waals surface area contributed by atoms with Crippen molar-refractivity contribution in [2.75, 3.05) is 21.3 Å². The first-order valence-electron chi connectivity index (χ1n) is 6.55. The molecule has 1 unspecified atom stereocenters. The van der Waals surface area contributed by atoms with Gasteiger partial charge in [-0.3, -0.25) is 4.79 Å². The fourth-order valence-corrected chi connectivity index (χ4v) is 2.25. The number of ether oxygens (including phenoxy) is 3. The molecular weight excluding hydrogens is 282 g/mol. The maximum absolute atomic E-state index is 11.4. The van der Waals surface area contributed by atoms with Crippen LogP contribution in [0.3, 0.4) is 0 Å². The number of carbonyl (C=O) groups is 1. The Morgan fingerprint density at radius 2 is 1.52 bits per heavy atom. The summed E-state index contributed by atoms with van der Waals surface area (Å²) in [6.45, 7) is 0. The van der Waals surface area contributed by atoms with Crippen molar-refractivity contribution in [2.24, 2.45) is 0 Å². The van der Waals surface area contributed by atoms with E-state index < -0.39 is 0 Å². The van der Waals surface area contributed by atoms with Gasteiger partial charge in [0.2, 0.25) is 0 Å². The second-order valence-electron chi connectivity index (χ2n) is 4.34. The van der Waals surface area contributed by atoms with Crippen molar-refractivity contribution < 1.29 is 37.9 Å². The van der Waals surface area contributed by atoms with Crippen LogP contribution in [0.1, 0.15) is 36.0 Å². The minimum absolute atomic E-state index is 0. The van der Waals surface area contributed by atoms with Gasteiger partial charge >= 0.3 is 18.9 Å². The van der Waals surface area contributed by atoms with Gasteiger partial charge in [-0.1, -0.05) is 22.1 Å². The monoisotopic (exact) mass is 304 g/mol. The number of carbonyl (C=O) groups excluding carboxylic acids is 1. The zero-order valence-electron chi connectivity index (χ0n) is 13.3. The molecule has 0 bridgehead atoms. The summed E-state index contributed by atoms with van der Waals surface area (Å²) in [6, 6.07) is 3.28. The molecule has 0 amide bonds. The van der Waals surface area contributed by atoms with Crippen LogP contribution in [0.4, 0.5) is 0 Å². The Balaban J connectivity index is 0.000000562. The molecule has 112 valence electrons. The second kappa shape index (κ2) is 11.0. The predicted octanol–water partition coefficient (Wildman–Crippen LogP) is 0.496. The number of benzene rings is 1. The average molecular weight is 304 g/mol. The molecule has 0 heterocycles. The van der Waals surface area contributed by atoms with E-state index in [1.54, 1.807) is 12.1 Å². The Hall–Kier alpha value is -0.683. The van der Waals surface area contributed by atoms with E-state index in [0.717, 1.165) is 0 Å². The van der Waals surface area contributed by atoms with Crippen LogP contribution in [0.2, 0.25) is 0 Å². The smallest absolute Gasteiger partial charge is 0.496 e. The summed E-state index contributed by atoms with van der Waals surface area (Å²) in [4.78, 5) is 11.4. The van der Waals surface area contributed by atoms with Gasteiger partial charge < -0.3 is 20.6 Å². The van der Waals surface area contributed by atoms with Crippen molar-refractivity contribution in [3.05, 3.63) is 24.1 Å². The topological polar surface area (TPSA) is 44.8 Å². The summed E-state index contributed by atoms with van der Waals surface area (Å²) in [5.41, 5.74) is 0.206. The molecule has 1 fully saturated rings. The van der Waals surface area contributed by atoms with Crippen LogP contribution in [0, 0.1) is 6.42 Å². The molecule has 1 atom stereocenters. The molecule has 0 N–H and O–H groups in total. The minimum atomic E-state index is -0.189. The van der Waals surface area contributed by atoms with Crippen LogP contribution in [0.5, 0.6) is 17.2 Å². The zero-order chi connectivity index (χ0) is 15.0. The first-order valence-corrected chi connectivity index (χ1v) is 7.13. The van der Waals surface area contributed by atoms with E-state index >= 15 is 0 Å². The Morgan fingerprint density at radius 3 is 1.76 bits per heavy atom. The van der Waals surface area contributed by atoms with Gasteiger partial charge in [-0.25, -0.2) is 0 Å². The van der Waals surface area contributed by atoms with Crippen LogP contribution < -0.4 is 33.1 Å². The molecule has 1 aliphatic rings. The van der Waals surface area contributed by atoms with Gasteiger partial charge in [0.25, 0.3) is 0 Å². The van der Waals surface area contributed by atoms with Gasteiger partial charge in [0, 0.05) is 12.1 Å². The molecule has 2 rings (SSSR count). The van der Waals surface area contributed by atoms with E-state index in [2.05, 4.69) is 15.7 Å². The van der Waals surface area contributed by atoms with E-state index in [-0.39, 0.29) is 24.4 Å². The van der Waals surface area contributed by atoms with Crippen LogP contribution >= 0.6 is 9.24 Å². The maximum atomic E-state index is 11.4. The van der Waals surface area contributed by atoms with Crippen LogP contribution in [0.25, 0.3) is 0 Å². The van der Waals surface area contributed by atoms with Crippen LogP contribution in [0.15, 0.2) is 12.1 Å². The predicted molar refractivity (Wildman–Crippen MR) is 82.9 cm³/mol. The number of hydrogen-bond acceptors (Lipinski definition) is 4. The van der Waals surface area contributed by atoms with Gasteiger partial charge in [-0.05, 0) is 0 Å². The summed E-state index contributed by atoms with van der Waals surface area (Å²) in [5, 5.41) is 0. The molecule has 0 aromatic heterocycles. The fourth-order valence-electron chi connectivity index (χ4n) is 1.97. The summed E-state index contributed by atoms with van der Waals surface area (Å²) in [5.74, 6) is 1.45. The van der Waals surface area contributed by atoms with Crippen molar-refractivity contribution in [1.82, 2.24) is 0 Å². The molecule has 0 spiro atoms. The molecule has 1 aromatic rings. The second-order valence-corrected chi connectivity index (χ2v) is 4.87. The van der Waals surface area contributed by atoms with Crippen molar-refractivity contribution in [3.8, 4) is 17.2 Å². The standard InChI is InChI=1S/C10H13O4P.C5H9.Li/c1-12-6-4-7(13-2)9(10(11)15)8(5-6)14-3;1-2-4-5-3-1;/h4-5H,15H2,1-3H3;1H,2-5H2;/q;-1;+1. The third-order valence-corrected chi connectivity index (χ3v) is 3.32. The van der Waals surface area contributed by atoms with Crippen LogP contribution in [-0.4, -0.2) is 26.9 Å². The number of hydrogen-bond donors (Lipinski definition) is 0. The molecule has 21 heavy (non-hydrogen) atoms. The number of rotatable bonds is 4. The Kier molecular flexibility index (Phi) is 10.6. The molecule has 1 saturated carbocycles. The van der Waals surface area contributed by atoms with Gasteiger partial charge in [-0.15, -0.1) is 0 Å². The average Bonchev–Trinajstić information content (AvgIpc) is 3.04. The first-order chi connectivity index (χ1) is 9.63. The van der Waals surface area contributed by atoms with E-state index in [1.165, 1.54) is 47.0 Å². The summed E-state index contributed by atoms with van der Waals surface area (Å²) in [7, 11) is 6.61. The summed E-state index contributed by atoms with van der Waals surface area (Å²) < 4.78 is 15.3. The maximum Gasteiger partial charge on any atom is 1.00 e. The molecule has 4 nitrogen and oxygen atoms in total. The third kappa shape index (κ3) is 6.30. The Bertz CT molecular complexity index is 415. The van der Waals surface area contributed by atoms with Crippen molar-refractivity contribution in [3.63, 3.8) is 0 Å². The van der Waals surface area contributed by atoms with Crippen molar-refractivity contribution >= 4 is 14.8 Å². The molecule has 6 heteroatoms. The molecule has 0 saturated heterocycles. The van der Waals surface area contributed by atoms with E-state index in [9.17, 15) is 4.79 Å². The molecule has 1 aliphatic carbocycles. The summed E-state index contributed by atoms with van der Waals surface area (Å²) >= 11 is 0. The van der Waals surface area contributed by atoms with Gasteiger partial charge in [0.1, 0.15) is 22.8 Å². The Labute approximate surface area is 141 Å². The first kappa shape index (κ1) is 20.3. The molecular formula is C15H22LiO4P. The van der Waals surface area contributed by atoms with E-state index in [1.807, 2.05) is 0 Å². The van der Waals surface area contributed by atoms with Gasteiger partial charge in [0.15, 0.2) is 5.52 Å². The quantitative estimate of drug-likeness (QED) is 0.461. The molecule has 1 aromatic carbocycles. The SMILES string of the molecule is COc1cc(OC)c(C(=O)P)c(OC)c1.[CH-]1CCCC1.[Li+]. The largest absolute Gasteiger partial charge is 1.00 e. The van der Waals surface area contributed by atoms with Gasteiger partial charge in [-0.2, -0.15) is 12.8 Å². The Morgan fingerprint density at radius 1 is 1.05 bits per heavy atom. The molecule has 0 aliphatic heterocycles. The summed E-state index contributed by atoms with van der Waals surface area (Å²) in [6.07, 6.45) is 8.00. The van der Waals surface area contributed by atoms with E-state index in [4.69, 9.17) is 14.2 Å². The van der Waals surface area contributed by atoms with Crippen molar-refractivity contribution in [1.29, 1.82) is 0 Å². The number of methoxy groups -OCH3 is 3. The fraction of sp³-hybridized carbons (Fsp3) is 0.467. The zero-order valence-corrected chi connectivity index (χ0v) is 14.4. The van der Waals surface area contributed by atoms with E-state index in [0.29, 0.717) is 22.8 Å². The molecule has 0 radical (unpaired) electrons.